The molecule has 6 heterocycles. The molecule has 5 aromatic heterocycles. The summed E-state index contributed by atoms with van der Waals surface area (Å²) in [5.41, 5.74) is 1.53. The molecular formula is C40H26ClFIN7O8S4. The Morgan fingerprint density at radius 3 is 2.53 bits per heavy atom. The predicted octanol–water partition coefficient (Wildman–Crippen LogP) is 9.66. The number of ether oxygens (including phenoxy) is 3. The maximum absolute atomic E-state index is 14.1. The number of amides is 1. The van der Waals surface area contributed by atoms with Gasteiger partial charge in [-0.1, -0.05) is 34.3 Å². The van der Waals surface area contributed by atoms with E-state index in [1.54, 1.807) is 79.4 Å². The number of esters is 1. The van der Waals surface area contributed by atoms with E-state index >= 15 is 0 Å². The summed E-state index contributed by atoms with van der Waals surface area (Å²) in [5, 5.41) is 0.791. The summed E-state index contributed by atoms with van der Waals surface area (Å²) in [5.74, 6) is -0.802. The summed E-state index contributed by atoms with van der Waals surface area (Å²) in [6.45, 7) is 1.69. The summed E-state index contributed by atoms with van der Waals surface area (Å²) < 4.78 is 44.7. The fourth-order valence-electron chi connectivity index (χ4n) is 6.69. The van der Waals surface area contributed by atoms with Crippen LogP contribution in [0.4, 0.5) is 20.9 Å². The molecule has 62 heavy (non-hydrogen) atoms. The Balaban J connectivity index is 0.948. The number of hydrogen-bond donors (Lipinski definition) is 1. The van der Waals surface area contributed by atoms with Gasteiger partial charge in [0, 0.05) is 43.2 Å². The summed E-state index contributed by atoms with van der Waals surface area (Å²) >= 11 is 20.4. The van der Waals surface area contributed by atoms with Gasteiger partial charge in [0.25, 0.3) is 16.3 Å². The highest BCUT2D eigenvalue weighted by Gasteiger charge is 2.38. The second-order valence-corrected chi connectivity index (χ2v) is 17.2. The molecule has 1 amide bonds. The number of aromatic nitrogens is 5. The Hall–Kier alpha value is -5.46. The topological polar surface area (TPSA) is 164 Å². The molecule has 0 aliphatic carbocycles. The molecule has 2 unspecified atom stereocenters. The second-order valence-electron chi connectivity index (χ2n) is 13.6. The van der Waals surface area contributed by atoms with Gasteiger partial charge < -0.3 is 26.6 Å². The van der Waals surface area contributed by atoms with Crippen LogP contribution < -0.4 is 27.9 Å². The molecule has 2 atom stereocenters. The molecule has 0 saturated heterocycles. The third kappa shape index (κ3) is 7.59. The zero-order chi connectivity index (χ0) is 43.6. The van der Waals surface area contributed by atoms with Crippen LogP contribution in [0.2, 0.25) is 5.02 Å². The molecule has 314 valence electrons. The Bertz CT molecular complexity index is 3270. The van der Waals surface area contributed by atoms with Crippen LogP contribution in [0.15, 0.2) is 82.1 Å². The van der Waals surface area contributed by atoms with Gasteiger partial charge in [0.15, 0.2) is 56.6 Å². The zero-order valence-electron chi connectivity index (χ0n) is 32.0. The fraction of sp³-hybridized carbons (Fsp3) is 0.150. The molecule has 9 rings (SSSR count). The highest BCUT2D eigenvalue weighted by Crippen LogP contribution is 2.41. The number of benzene rings is 3. The number of thiol groups is 1. The zero-order valence-corrected chi connectivity index (χ0v) is 38.2. The molecule has 0 spiro atoms. The number of halogens is 3. The maximum Gasteiger partial charge on any atom is 0.338 e. The van der Waals surface area contributed by atoms with E-state index in [-0.39, 0.29) is 60.4 Å². The molecule has 3 aromatic carbocycles. The van der Waals surface area contributed by atoms with Crippen LogP contribution >= 0.6 is 82.1 Å². The number of rotatable bonds is 10. The third-order valence-electron chi connectivity index (χ3n) is 9.64. The molecular weight excluding hydrogens is 1020 g/mol. The standard InChI is InChI=1S/C40H26ClFIN7O8S4/c1-17(55-36(53)18-4-7-23-28(13-18)61-37(46-23)49-34(51)30-32(56-39(49)59)26(54-3)10-11-44-30)12-20-15-27(58-43)33-31(45-20)35(52)50(40(60)57-33)38-47-24-8-6-21(16-29(24)62-38)48(2)25-9-5-19(42)14-22(25)41/h4-11,13-17,39,59H,12H2,1-3H3. The van der Waals surface area contributed by atoms with Gasteiger partial charge in [-0.15, -0.1) is 12.6 Å². The van der Waals surface area contributed by atoms with Crippen LogP contribution in [-0.2, 0) is 11.2 Å². The van der Waals surface area contributed by atoms with Gasteiger partial charge in [0.05, 0.1) is 43.8 Å². The van der Waals surface area contributed by atoms with Crippen LogP contribution in [0.3, 0.4) is 0 Å². The minimum atomic E-state index is -1.01. The van der Waals surface area contributed by atoms with E-state index in [2.05, 4.69) is 32.6 Å². The SMILES string of the molecule is COc1ccnc2c1OC(S)N(c1nc3ccc(C(=O)OC(C)Cc4cc(OI)c5oc(=S)n(-c6nc7ccc(N(C)c8ccc(F)cc8Cl)cc7s6)c(=O)c5n4)cc3s1)C2=O. The molecule has 22 heteroatoms. The summed E-state index contributed by atoms with van der Waals surface area (Å²) in [7, 11) is 3.26. The van der Waals surface area contributed by atoms with Crippen molar-refractivity contribution in [2.24, 2.45) is 0 Å². The molecule has 1 aliphatic heterocycles. The van der Waals surface area contributed by atoms with Gasteiger partial charge in [-0.05, 0) is 73.7 Å². The molecule has 0 radical (unpaired) electrons. The Kier molecular flexibility index (Phi) is 11.3. The Morgan fingerprint density at radius 2 is 1.77 bits per heavy atom. The number of nitrogens with zero attached hydrogens (tertiary/aromatic N) is 7. The Labute approximate surface area is 386 Å². The lowest BCUT2D eigenvalue weighted by atomic mass is 10.1. The smallest absolute Gasteiger partial charge is 0.338 e. The van der Waals surface area contributed by atoms with E-state index in [4.69, 9.17) is 45.5 Å². The van der Waals surface area contributed by atoms with Gasteiger partial charge >= 0.3 is 5.97 Å². The van der Waals surface area contributed by atoms with Gasteiger partial charge in [-0.25, -0.2) is 38.6 Å². The molecule has 1 aliphatic rings. The van der Waals surface area contributed by atoms with Crippen molar-refractivity contribution < 1.29 is 35.7 Å². The average Bonchev–Trinajstić information content (AvgIpc) is 3.86. The van der Waals surface area contributed by atoms with Crippen molar-refractivity contribution >= 4 is 142 Å². The molecule has 0 bridgehead atoms. The van der Waals surface area contributed by atoms with Crippen molar-refractivity contribution in [3.63, 3.8) is 0 Å². The summed E-state index contributed by atoms with van der Waals surface area (Å²) in [4.78, 5) is 62.0. The largest absolute Gasteiger partial charge is 0.493 e. The highest BCUT2D eigenvalue weighted by molar-refractivity contribution is 14.1. The van der Waals surface area contributed by atoms with Crippen molar-refractivity contribution in [3.05, 3.63) is 116 Å². The monoisotopic (exact) mass is 1040 g/mol. The second kappa shape index (κ2) is 16.7. The lowest BCUT2D eigenvalue weighted by molar-refractivity contribution is 0.0341. The van der Waals surface area contributed by atoms with E-state index in [0.717, 1.165) is 26.3 Å². The van der Waals surface area contributed by atoms with Crippen LogP contribution in [0.25, 0.3) is 36.7 Å². The summed E-state index contributed by atoms with van der Waals surface area (Å²) in [6.07, 6.45) is 0.839. The van der Waals surface area contributed by atoms with Gasteiger partial charge in [-0.3, -0.25) is 9.59 Å². The van der Waals surface area contributed by atoms with E-state index in [1.807, 2.05) is 17.0 Å². The number of thiazole rings is 2. The number of pyridine rings is 2. The predicted molar refractivity (Wildman–Crippen MR) is 247 cm³/mol. The normalized spacial score (nSPS) is 14.2. The van der Waals surface area contributed by atoms with Crippen LogP contribution in [0.5, 0.6) is 17.2 Å². The molecule has 8 aromatic rings. The highest BCUT2D eigenvalue weighted by atomic mass is 127. The van der Waals surface area contributed by atoms with Crippen LogP contribution in [0.1, 0.15) is 33.5 Å². The van der Waals surface area contributed by atoms with E-state index in [1.165, 1.54) is 41.7 Å². The quantitative estimate of drug-likeness (QED) is 0.0596. The van der Waals surface area contributed by atoms with Crippen LogP contribution in [-0.4, -0.2) is 62.2 Å². The van der Waals surface area contributed by atoms with Crippen molar-refractivity contribution in [2.75, 3.05) is 24.0 Å². The first kappa shape index (κ1) is 41.9. The lowest BCUT2D eigenvalue weighted by Crippen LogP contribution is -2.45. The molecule has 0 saturated carbocycles. The number of carbonyl (C=O) groups excluding carboxylic acids is 2. The number of carbonyl (C=O) groups is 2. The lowest BCUT2D eigenvalue weighted by Gasteiger charge is -2.31. The first-order chi connectivity index (χ1) is 29.8. The minimum absolute atomic E-state index is 0.0414. The minimum Gasteiger partial charge on any atom is -0.493 e. The number of hydrogen-bond acceptors (Lipinski definition) is 17. The first-order valence-corrected chi connectivity index (χ1v) is 21.9. The van der Waals surface area contributed by atoms with Gasteiger partial charge in [0.1, 0.15) is 11.9 Å². The number of fused-ring (bicyclic) bond motifs is 4. The van der Waals surface area contributed by atoms with Crippen molar-refractivity contribution in [2.45, 2.75) is 25.0 Å². The maximum atomic E-state index is 14.1. The van der Waals surface area contributed by atoms with Crippen LogP contribution in [0, 0.1) is 10.7 Å². The van der Waals surface area contributed by atoms with E-state index in [9.17, 15) is 18.8 Å². The van der Waals surface area contributed by atoms with Crippen molar-refractivity contribution in [3.8, 4) is 22.4 Å². The average molecular weight is 1040 g/mol. The first-order valence-electron chi connectivity index (χ1n) is 18.1. The van der Waals surface area contributed by atoms with Crippen molar-refractivity contribution in [1.82, 2.24) is 24.5 Å². The van der Waals surface area contributed by atoms with E-state index < -0.39 is 34.9 Å². The molecule has 15 nitrogen and oxygen atoms in total. The molecule has 0 fully saturated rings. The van der Waals surface area contributed by atoms with Gasteiger partial charge in [0.2, 0.25) is 16.3 Å². The fourth-order valence-corrected chi connectivity index (χ4v) is 10.0. The third-order valence-corrected chi connectivity index (χ3v) is 13.0. The Morgan fingerprint density at radius 1 is 1.03 bits per heavy atom. The molecule has 0 N–H and O–H groups in total. The number of anilines is 3. The van der Waals surface area contributed by atoms with E-state index in [0.29, 0.717) is 32.9 Å². The van der Waals surface area contributed by atoms with Gasteiger partial charge in [-0.2, -0.15) is 0 Å². The number of methoxy groups -OCH3 is 1. The van der Waals surface area contributed by atoms with Crippen molar-refractivity contribution in [1.29, 1.82) is 0 Å². The summed E-state index contributed by atoms with van der Waals surface area (Å²) in [6, 6.07) is 17.7.